The van der Waals surface area contributed by atoms with Crippen LogP contribution in [0.25, 0.3) is 0 Å². The molecule has 4 aromatic rings. The summed E-state index contributed by atoms with van der Waals surface area (Å²) in [6, 6.07) is 25.3. The molecule has 0 amide bonds. The number of hydrogen-bond donors (Lipinski definition) is 1. The molecule has 3 fully saturated rings. The Hall–Kier alpha value is -3.68. The van der Waals surface area contributed by atoms with Crippen LogP contribution in [0, 0.1) is 5.92 Å². The summed E-state index contributed by atoms with van der Waals surface area (Å²) >= 11 is 0. The van der Waals surface area contributed by atoms with E-state index in [2.05, 4.69) is 11.2 Å². The molecule has 0 unspecified atom stereocenters. The van der Waals surface area contributed by atoms with Gasteiger partial charge >= 0.3 is 0 Å². The van der Waals surface area contributed by atoms with Crippen molar-refractivity contribution in [2.45, 2.75) is 37.5 Å². The SMILES string of the molecule is OC(c1ccccc1)(c1ccccc1)c1noc(C[N+]23CCC(CC2)[C@@H](Oc2ccc4c(c2)CCO4)C3)n1. The number of fused-ring (bicyclic) bond motifs is 4. The van der Waals surface area contributed by atoms with E-state index in [1.165, 1.54) is 5.56 Å². The number of aliphatic hydroxyl groups is 1. The zero-order valence-electron chi connectivity index (χ0n) is 21.3. The van der Waals surface area contributed by atoms with Gasteiger partial charge in [0.1, 0.15) is 18.0 Å². The molecule has 8 rings (SSSR count). The van der Waals surface area contributed by atoms with Crippen LogP contribution in [0.5, 0.6) is 11.5 Å². The molecule has 5 heterocycles. The second-order valence-electron chi connectivity index (χ2n) is 10.9. The Morgan fingerprint density at radius 1 is 0.947 bits per heavy atom. The van der Waals surface area contributed by atoms with E-state index in [9.17, 15) is 5.11 Å². The number of nitrogens with zero attached hydrogens (tertiary/aromatic N) is 3. The number of piperidine rings is 3. The molecule has 38 heavy (non-hydrogen) atoms. The maximum Gasteiger partial charge on any atom is 0.282 e. The van der Waals surface area contributed by atoms with Crippen molar-refractivity contribution in [1.29, 1.82) is 0 Å². The minimum absolute atomic E-state index is 0.158. The molecule has 2 bridgehead atoms. The van der Waals surface area contributed by atoms with Crippen LogP contribution in [0.1, 0.15) is 41.2 Å². The summed E-state index contributed by atoms with van der Waals surface area (Å²) < 4.78 is 18.9. The summed E-state index contributed by atoms with van der Waals surface area (Å²) in [5.41, 5.74) is 1.15. The summed E-state index contributed by atoms with van der Waals surface area (Å²) in [4.78, 5) is 4.79. The van der Waals surface area contributed by atoms with Crippen molar-refractivity contribution in [3.8, 4) is 11.5 Å². The van der Waals surface area contributed by atoms with Gasteiger partial charge in [0.05, 0.1) is 19.7 Å². The smallest absolute Gasteiger partial charge is 0.282 e. The van der Waals surface area contributed by atoms with E-state index in [1.807, 2.05) is 72.8 Å². The normalized spacial score (nSPS) is 24.1. The van der Waals surface area contributed by atoms with E-state index in [0.29, 0.717) is 29.5 Å². The molecule has 4 aliphatic rings. The highest BCUT2D eigenvalue weighted by Gasteiger charge is 2.48. The Labute approximate surface area is 222 Å². The highest BCUT2D eigenvalue weighted by Crippen LogP contribution is 2.39. The first-order valence-electron chi connectivity index (χ1n) is 13.6. The van der Waals surface area contributed by atoms with Crippen molar-refractivity contribution >= 4 is 0 Å². The third-order valence-corrected chi connectivity index (χ3v) is 8.64. The van der Waals surface area contributed by atoms with Crippen molar-refractivity contribution < 1.29 is 23.6 Å². The van der Waals surface area contributed by atoms with E-state index >= 15 is 0 Å². The number of quaternary nitrogens is 1. The fraction of sp³-hybridized carbons (Fsp3) is 0.355. The molecule has 3 saturated heterocycles. The predicted octanol–water partition coefficient (Wildman–Crippen LogP) is 4.48. The summed E-state index contributed by atoms with van der Waals surface area (Å²) in [5, 5.41) is 16.3. The first kappa shape index (κ1) is 23.4. The van der Waals surface area contributed by atoms with Gasteiger partial charge < -0.3 is 23.6 Å². The van der Waals surface area contributed by atoms with E-state index in [0.717, 1.165) is 61.5 Å². The number of rotatable bonds is 7. The summed E-state index contributed by atoms with van der Waals surface area (Å²) in [7, 11) is 0. The first-order chi connectivity index (χ1) is 18.6. The van der Waals surface area contributed by atoms with Crippen molar-refractivity contribution in [3.05, 3.63) is 107 Å². The third-order valence-electron chi connectivity index (χ3n) is 8.64. The van der Waals surface area contributed by atoms with Crippen LogP contribution in [0.4, 0.5) is 0 Å². The van der Waals surface area contributed by atoms with Crippen molar-refractivity contribution in [3.63, 3.8) is 0 Å². The van der Waals surface area contributed by atoms with Crippen LogP contribution in [-0.2, 0) is 18.6 Å². The van der Waals surface area contributed by atoms with E-state index in [-0.39, 0.29) is 11.9 Å². The van der Waals surface area contributed by atoms with Crippen LogP contribution < -0.4 is 9.47 Å². The van der Waals surface area contributed by atoms with Crippen molar-refractivity contribution in [2.75, 3.05) is 26.2 Å². The standard InChI is InChI=1S/C31H32N3O4/c35-31(24-7-3-1-4-8-24,25-9-5-2-6-10-25)30-32-29(38-33-30)21-34-16-13-22(14-17-34)28(20-34)37-26-11-12-27-23(19-26)15-18-36-27/h1-12,19,22,28,35H,13-18,20-21H2/q+1/t22?,28-,34?/m0/s1. The molecular formula is C31H32N3O4+. The van der Waals surface area contributed by atoms with Gasteiger partial charge in [0.2, 0.25) is 5.82 Å². The summed E-state index contributed by atoms with van der Waals surface area (Å²) in [6.07, 6.45) is 3.35. The molecule has 7 nitrogen and oxygen atoms in total. The topological polar surface area (TPSA) is 77.6 Å². The molecule has 0 radical (unpaired) electrons. The van der Waals surface area contributed by atoms with Crippen LogP contribution in [0.2, 0.25) is 0 Å². The number of ether oxygens (including phenoxy) is 2. The van der Waals surface area contributed by atoms with Crippen molar-refractivity contribution in [2.24, 2.45) is 5.92 Å². The monoisotopic (exact) mass is 510 g/mol. The minimum Gasteiger partial charge on any atom is -0.493 e. The lowest BCUT2D eigenvalue weighted by atomic mass is 9.83. The Morgan fingerprint density at radius 3 is 2.37 bits per heavy atom. The van der Waals surface area contributed by atoms with Gasteiger partial charge in [0, 0.05) is 30.7 Å². The Balaban J connectivity index is 1.13. The lowest BCUT2D eigenvalue weighted by Crippen LogP contribution is -2.64. The molecule has 3 aromatic carbocycles. The van der Waals surface area contributed by atoms with Gasteiger partial charge in [0.25, 0.3) is 5.89 Å². The highest BCUT2D eigenvalue weighted by molar-refractivity contribution is 5.43. The molecule has 1 aromatic heterocycles. The number of benzene rings is 3. The molecular weight excluding hydrogens is 478 g/mol. The minimum atomic E-state index is -1.50. The van der Waals surface area contributed by atoms with Crippen LogP contribution in [-0.4, -0.2) is 52.1 Å². The molecule has 194 valence electrons. The van der Waals surface area contributed by atoms with E-state index < -0.39 is 5.60 Å². The Morgan fingerprint density at radius 2 is 1.66 bits per heavy atom. The van der Waals surface area contributed by atoms with Gasteiger partial charge in [-0.25, -0.2) is 0 Å². The van der Waals surface area contributed by atoms with Crippen LogP contribution >= 0.6 is 0 Å². The molecule has 7 heteroatoms. The zero-order chi connectivity index (χ0) is 25.6. The van der Waals surface area contributed by atoms with Crippen LogP contribution in [0.15, 0.2) is 83.4 Å². The fourth-order valence-electron chi connectivity index (χ4n) is 6.52. The highest BCUT2D eigenvalue weighted by atomic mass is 16.5. The Bertz CT molecular complexity index is 1370. The molecule has 4 aliphatic heterocycles. The molecule has 0 saturated carbocycles. The van der Waals surface area contributed by atoms with Crippen LogP contribution in [0.3, 0.4) is 0 Å². The van der Waals surface area contributed by atoms with Crippen molar-refractivity contribution in [1.82, 2.24) is 10.1 Å². The second-order valence-corrected chi connectivity index (χ2v) is 10.9. The number of aromatic nitrogens is 2. The molecule has 0 spiro atoms. The fourth-order valence-corrected chi connectivity index (χ4v) is 6.52. The Kier molecular flexibility index (Phi) is 5.71. The second kappa shape index (κ2) is 9.26. The molecule has 0 aliphatic carbocycles. The summed E-state index contributed by atoms with van der Waals surface area (Å²) in [6.45, 7) is 4.44. The summed E-state index contributed by atoms with van der Waals surface area (Å²) in [5.74, 6) is 3.30. The molecule has 1 N–H and O–H groups in total. The number of hydrogen-bond acceptors (Lipinski definition) is 6. The van der Waals surface area contributed by atoms with E-state index in [1.54, 1.807) is 0 Å². The maximum absolute atomic E-state index is 12.0. The quantitative estimate of drug-likeness (QED) is 0.370. The third kappa shape index (κ3) is 4.06. The zero-order valence-corrected chi connectivity index (χ0v) is 21.3. The van der Waals surface area contributed by atoms with Gasteiger partial charge in [-0.3, -0.25) is 0 Å². The lowest BCUT2D eigenvalue weighted by molar-refractivity contribution is -0.959. The van der Waals surface area contributed by atoms with Gasteiger partial charge in [-0.05, 0) is 29.3 Å². The lowest BCUT2D eigenvalue weighted by Gasteiger charge is -2.51. The van der Waals surface area contributed by atoms with Gasteiger partial charge in [-0.1, -0.05) is 65.8 Å². The maximum atomic E-state index is 12.0. The first-order valence-corrected chi connectivity index (χ1v) is 13.6. The predicted molar refractivity (Wildman–Crippen MR) is 141 cm³/mol. The average Bonchev–Trinajstić information content (AvgIpc) is 3.64. The molecule has 1 atom stereocenters. The van der Waals surface area contributed by atoms with Gasteiger partial charge in [-0.15, -0.1) is 0 Å². The van der Waals surface area contributed by atoms with E-state index in [4.69, 9.17) is 19.0 Å². The van der Waals surface area contributed by atoms with Gasteiger partial charge in [0.15, 0.2) is 18.2 Å². The average molecular weight is 511 g/mol. The largest absolute Gasteiger partial charge is 0.493 e. The van der Waals surface area contributed by atoms with Gasteiger partial charge in [-0.2, -0.15) is 4.98 Å².